The van der Waals surface area contributed by atoms with Crippen molar-refractivity contribution in [1.82, 2.24) is 5.32 Å². The van der Waals surface area contributed by atoms with E-state index in [0.717, 1.165) is 17.7 Å². The first-order valence-corrected chi connectivity index (χ1v) is 12.0. The average Bonchev–Trinajstić information content (AvgIpc) is 3.31. The minimum atomic E-state index is -1.37. The molecule has 192 valence electrons. The molecule has 2 atom stereocenters. The van der Waals surface area contributed by atoms with E-state index < -0.39 is 29.2 Å². The number of aliphatic hydroxyl groups is 1. The van der Waals surface area contributed by atoms with Crippen LogP contribution in [0.2, 0.25) is 0 Å². The first kappa shape index (κ1) is 26.0. The Labute approximate surface area is 214 Å². The number of halogens is 2. The smallest absolute Gasteiger partial charge is 0.252 e. The van der Waals surface area contributed by atoms with Crippen LogP contribution >= 0.6 is 0 Å². The highest BCUT2D eigenvalue weighted by Gasteiger charge is 2.52. The Morgan fingerprint density at radius 2 is 1.86 bits per heavy atom. The highest BCUT2D eigenvalue weighted by atomic mass is 19.2. The largest absolute Gasteiger partial charge is 0.494 e. The van der Waals surface area contributed by atoms with Gasteiger partial charge in [0.15, 0.2) is 23.3 Å². The summed E-state index contributed by atoms with van der Waals surface area (Å²) in [7, 11) is 0. The molecule has 8 heteroatoms. The van der Waals surface area contributed by atoms with Crippen LogP contribution in [0.15, 0.2) is 90.4 Å². The van der Waals surface area contributed by atoms with Crippen molar-refractivity contribution < 1.29 is 28.2 Å². The molecule has 1 aliphatic rings. The minimum absolute atomic E-state index is 0.0127. The maximum atomic E-state index is 13.7. The first-order chi connectivity index (χ1) is 18.0. The summed E-state index contributed by atoms with van der Waals surface area (Å²) in [6.07, 6.45) is 1.58. The van der Waals surface area contributed by atoms with Gasteiger partial charge in [0.1, 0.15) is 5.75 Å². The van der Waals surface area contributed by atoms with E-state index in [4.69, 9.17) is 19.6 Å². The summed E-state index contributed by atoms with van der Waals surface area (Å²) in [6, 6.07) is 19.9. The van der Waals surface area contributed by atoms with Crippen molar-refractivity contribution in [2.24, 2.45) is 4.99 Å². The van der Waals surface area contributed by atoms with Crippen molar-refractivity contribution in [3.8, 4) is 5.75 Å². The van der Waals surface area contributed by atoms with Crippen LogP contribution in [0.1, 0.15) is 35.6 Å². The molecule has 1 aliphatic heterocycles. The lowest BCUT2D eigenvalue weighted by Gasteiger charge is -2.29. The third-order valence-corrected chi connectivity index (χ3v) is 6.02. The van der Waals surface area contributed by atoms with Gasteiger partial charge in [-0.1, -0.05) is 42.5 Å². The monoisotopic (exact) mass is 506 g/mol. The van der Waals surface area contributed by atoms with Crippen LogP contribution in [-0.4, -0.2) is 35.7 Å². The zero-order valence-corrected chi connectivity index (χ0v) is 20.2. The predicted molar refractivity (Wildman–Crippen MR) is 136 cm³/mol. The van der Waals surface area contributed by atoms with E-state index in [1.807, 2.05) is 30.3 Å². The Morgan fingerprint density at radius 3 is 2.54 bits per heavy atom. The number of hydrogen-bond donors (Lipinski definition) is 2. The summed E-state index contributed by atoms with van der Waals surface area (Å²) in [6.45, 7) is 4.26. The van der Waals surface area contributed by atoms with Crippen molar-refractivity contribution in [1.29, 1.82) is 0 Å². The fourth-order valence-corrected chi connectivity index (χ4v) is 4.15. The second-order valence-electron chi connectivity index (χ2n) is 8.62. The molecule has 0 spiro atoms. The number of benzene rings is 3. The Hall–Kier alpha value is -4.04. The average molecular weight is 507 g/mol. The summed E-state index contributed by atoms with van der Waals surface area (Å²) in [5.74, 6) is -1.43. The summed E-state index contributed by atoms with van der Waals surface area (Å²) >= 11 is 0. The van der Waals surface area contributed by atoms with E-state index in [-0.39, 0.29) is 19.6 Å². The molecular weight excluding hydrogens is 478 g/mol. The van der Waals surface area contributed by atoms with Crippen LogP contribution in [0.3, 0.4) is 0 Å². The fraction of sp³-hybridized carbons (Fsp3) is 0.241. The number of nitrogens with one attached hydrogen (secondary N) is 1. The Morgan fingerprint density at radius 1 is 1.11 bits per heavy atom. The van der Waals surface area contributed by atoms with E-state index in [1.54, 1.807) is 30.3 Å². The predicted octanol–water partition coefficient (Wildman–Crippen LogP) is 4.88. The molecule has 2 N–H and O–H groups in total. The number of aliphatic hydroxyl groups excluding tert-OH is 1. The van der Waals surface area contributed by atoms with Crippen LogP contribution in [0.4, 0.5) is 8.78 Å². The van der Waals surface area contributed by atoms with E-state index in [1.165, 1.54) is 6.07 Å². The normalized spacial score (nSPS) is 18.6. The molecule has 0 aliphatic carbocycles. The lowest BCUT2D eigenvalue weighted by molar-refractivity contribution is -0.129. The van der Waals surface area contributed by atoms with Gasteiger partial charge in [-0.2, -0.15) is 0 Å². The molecule has 6 nitrogen and oxygen atoms in total. The van der Waals surface area contributed by atoms with Gasteiger partial charge < -0.3 is 19.9 Å². The van der Waals surface area contributed by atoms with Gasteiger partial charge in [-0.25, -0.2) is 13.8 Å². The Kier molecular flexibility index (Phi) is 8.30. The van der Waals surface area contributed by atoms with Gasteiger partial charge in [-0.05, 0) is 47.5 Å². The molecule has 0 bridgehead atoms. The van der Waals surface area contributed by atoms with Crippen molar-refractivity contribution in [2.75, 3.05) is 13.2 Å². The summed E-state index contributed by atoms with van der Waals surface area (Å²) in [5.41, 5.74) is 0.467. The lowest BCUT2D eigenvalue weighted by Crippen LogP contribution is -2.47. The first-order valence-electron chi connectivity index (χ1n) is 12.0. The molecule has 0 saturated carbocycles. The molecule has 0 radical (unpaired) electrons. The highest BCUT2D eigenvalue weighted by Crippen LogP contribution is 2.42. The third kappa shape index (κ3) is 5.86. The molecule has 3 aromatic carbocycles. The van der Waals surface area contributed by atoms with Crippen molar-refractivity contribution in [3.63, 3.8) is 0 Å². The number of ether oxygens (including phenoxy) is 2. The summed E-state index contributed by atoms with van der Waals surface area (Å²) in [5, 5.41) is 11.8. The molecule has 37 heavy (non-hydrogen) atoms. The second-order valence-corrected chi connectivity index (χ2v) is 8.62. The van der Waals surface area contributed by atoms with Crippen LogP contribution < -0.4 is 10.1 Å². The van der Waals surface area contributed by atoms with Crippen molar-refractivity contribution in [2.45, 2.75) is 31.0 Å². The van der Waals surface area contributed by atoms with E-state index in [9.17, 15) is 13.6 Å². The third-order valence-electron chi connectivity index (χ3n) is 6.02. The molecule has 0 unspecified atom stereocenters. The number of rotatable bonds is 11. The number of hydrogen-bond acceptors (Lipinski definition) is 5. The van der Waals surface area contributed by atoms with Gasteiger partial charge in [-0.15, -0.1) is 6.58 Å². The van der Waals surface area contributed by atoms with Gasteiger partial charge in [0.2, 0.25) is 5.90 Å². The van der Waals surface area contributed by atoms with Gasteiger partial charge in [0.25, 0.3) is 5.91 Å². The maximum Gasteiger partial charge on any atom is 0.252 e. The molecule has 4 rings (SSSR count). The Balaban J connectivity index is 1.64. The topological polar surface area (TPSA) is 80.2 Å². The van der Waals surface area contributed by atoms with E-state index >= 15 is 0 Å². The van der Waals surface area contributed by atoms with Crippen LogP contribution in [-0.2, 0) is 16.1 Å². The van der Waals surface area contributed by atoms with Gasteiger partial charge >= 0.3 is 0 Å². The SMILES string of the molecule is C=CC[C@@]1(C(=O)NCc2ccc(F)c(F)c2)N=C(c2ccc(OCCCO)cc2)O[C@@H]1c1ccccc1. The lowest BCUT2D eigenvalue weighted by atomic mass is 9.84. The van der Waals surface area contributed by atoms with Gasteiger partial charge in [0, 0.05) is 31.6 Å². The van der Waals surface area contributed by atoms with Crippen molar-refractivity contribution >= 4 is 11.8 Å². The number of nitrogens with zero attached hydrogens (tertiary/aromatic N) is 1. The van der Waals surface area contributed by atoms with Crippen molar-refractivity contribution in [3.05, 3.63) is 114 Å². The van der Waals surface area contributed by atoms with E-state index in [2.05, 4.69) is 11.9 Å². The molecular formula is C29H28F2N2O4. The van der Waals surface area contributed by atoms with E-state index in [0.29, 0.717) is 35.8 Å². The van der Waals surface area contributed by atoms with Gasteiger partial charge in [-0.3, -0.25) is 4.79 Å². The number of carbonyl (C=O) groups is 1. The molecule has 0 aromatic heterocycles. The highest BCUT2D eigenvalue weighted by molar-refractivity contribution is 6.01. The second kappa shape index (κ2) is 11.8. The standard InChI is InChI=1S/C29H28F2N2O4/c1-2-15-29(28(35)32-19-20-9-14-24(30)25(31)18-20)26(21-7-4-3-5-8-21)37-27(33-29)22-10-12-23(13-11-22)36-17-6-16-34/h2-5,7-14,18,26,34H,1,6,15-17,19H2,(H,32,35)/t26-,29-/m1/s1. The van der Waals surface area contributed by atoms with Gasteiger partial charge in [0.05, 0.1) is 6.61 Å². The summed E-state index contributed by atoms with van der Waals surface area (Å²) < 4.78 is 38.9. The molecule has 1 amide bonds. The maximum absolute atomic E-state index is 13.7. The number of carbonyl (C=O) groups excluding carboxylic acids is 1. The van der Waals surface area contributed by atoms with Crippen LogP contribution in [0.5, 0.6) is 5.75 Å². The van der Waals surface area contributed by atoms with Crippen LogP contribution in [0, 0.1) is 11.6 Å². The molecule has 1 heterocycles. The molecule has 3 aromatic rings. The zero-order chi connectivity index (χ0) is 26.3. The fourth-order valence-electron chi connectivity index (χ4n) is 4.15. The number of aliphatic imine (C=N–C) groups is 1. The summed E-state index contributed by atoms with van der Waals surface area (Å²) in [4.78, 5) is 18.5. The molecule has 0 saturated heterocycles. The molecule has 0 fully saturated rings. The Bertz CT molecular complexity index is 1260. The van der Waals surface area contributed by atoms with Crippen LogP contribution in [0.25, 0.3) is 0 Å². The quantitative estimate of drug-likeness (QED) is 0.287. The zero-order valence-electron chi connectivity index (χ0n) is 20.2. The number of amides is 1. The minimum Gasteiger partial charge on any atom is -0.494 e.